The zero-order valence-electron chi connectivity index (χ0n) is 14.5. The number of hydrogen-bond acceptors (Lipinski definition) is 5. The molecule has 0 aromatic heterocycles. The van der Waals surface area contributed by atoms with Crippen molar-refractivity contribution in [2.45, 2.75) is 24.2 Å². The molecule has 1 aromatic carbocycles. The van der Waals surface area contributed by atoms with Gasteiger partial charge in [0.05, 0.1) is 12.0 Å². The van der Waals surface area contributed by atoms with Crippen LogP contribution in [-0.4, -0.2) is 57.2 Å². The van der Waals surface area contributed by atoms with Gasteiger partial charge in [-0.15, -0.1) is 0 Å². The summed E-state index contributed by atoms with van der Waals surface area (Å²) in [5.41, 5.74) is -1.04. The van der Waals surface area contributed by atoms with Gasteiger partial charge in [-0.2, -0.15) is 4.31 Å². The highest BCUT2D eigenvalue weighted by atomic mass is 32.2. The van der Waals surface area contributed by atoms with Gasteiger partial charge in [-0.3, -0.25) is 4.79 Å². The van der Waals surface area contributed by atoms with Crippen LogP contribution in [0.4, 0.5) is 4.39 Å². The number of nitrogens with zero attached hydrogens (tertiary/aromatic N) is 1. The normalized spacial score (nSPS) is 26.0. The monoisotopic (exact) mass is 387 g/mol. The van der Waals surface area contributed by atoms with E-state index in [0.29, 0.717) is 12.8 Å². The predicted molar refractivity (Wildman–Crippen MR) is 89.9 cm³/mol. The molecule has 7 nitrogen and oxygen atoms in total. The summed E-state index contributed by atoms with van der Waals surface area (Å²) in [6, 6.07) is 3.30. The second-order valence-corrected chi connectivity index (χ2v) is 8.69. The third kappa shape index (κ3) is 3.19. The summed E-state index contributed by atoms with van der Waals surface area (Å²) in [6.45, 7) is 0.406. The summed E-state index contributed by atoms with van der Waals surface area (Å²) in [7, 11) is -2.59. The Balaban J connectivity index is 1.92. The lowest BCUT2D eigenvalue weighted by atomic mass is 9.81. The van der Waals surface area contributed by atoms with Crippen LogP contribution in [0.1, 0.15) is 19.3 Å². The molecule has 1 saturated heterocycles. The summed E-state index contributed by atoms with van der Waals surface area (Å²) in [5, 5.41) is 9.65. The molecular weight excluding hydrogens is 365 g/mol. The van der Waals surface area contributed by atoms with Gasteiger partial charge in [0.15, 0.2) is 0 Å². The Morgan fingerprint density at radius 2 is 2.19 bits per heavy atom. The first-order valence-electron chi connectivity index (χ1n) is 8.46. The molecule has 0 radical (unpaired) electrons. The molecule has 9 heteroatoms. The van der Waals surface area contributed by atoms with Crippen LogP contribution in [0.25, 0.3) is 0 Å². The van der Waals surface area contributed by atoms with Crippen LogP contribution < -0.4 is 4.74 Å². The van der Waals surface area contributed by atoms with Crippen molar-refractivity contribution in [3.05, 3.63) is 24.0 Å². The third-order valence-electron chi connectivity index (χ3n) is 5.33. The highest BCUT2D eigenvalue weighted by molar-refractivity contribution is 7.89. The minimum Gasteiger partial charge on any atom is -0.490 e. The SMILES string of the molecule is COCCOc1ccc(F)cc1S(=O)(=O)N1C[C@@H]2CCC[C@@]2(C(=O)O)C1. The van der Waals surface area contributed by atoms with E-state index in [9.17, 15) is 22.7 Å². The van der Waals surface area contributed by atoms with Gasteiger partial charge in [0.1, 0.15) is 23.1 Å². The highest BCUT2D eigenvalue weighted by Gasteiger charge is 2.57. The number of benzene rings is 1. The average molecular weight is 387 g/mol. The first-order chi connectivity index (χ1) is 12.3. The summed E-state index contributed by atoms with van der Waals surface area (Å²) in [5.74, 6) is -1.85. The molecule has 0 unspecified atom stereocenters. The highest BCUT2D eigenvalue weighted by Crippen LogP contribution is 2.50. The van der Waals surface area contributed by atoms with Crippen LogP contribution >= 0.6 is 0 Å². The number of carboxylic acids is 1. The number of aliphatic carboxylic acids is 1. The molecule has 1 aliphatic carbocycles. The van der Waals surface area contributed by atoms with Crippen molar-refractivity contribution in [3.8, 4) is 5.75 Å². The number of methoxy groups -OCH3 is 1. The number of halogens is 1. The number of fused-ring (bicyclic) bond motifs is 1. The molecule has 0 amide bonds. The van der Waals surface area contributed by atoms with Gasteiger partial charge >= 0.3 is 5.97 Å². The first kappa shape index (κ1) is 19.1. The Kier molecular flexibility index (Phi) is 5.23. The Morgan fingerprint density at radius 3 is 2.85 bits per heavy atom. The van der Waals surface area contributed by atoms with E-state index in [1.165, 1.54) is 13.2 Å². The molecule has 1 aromatic rings. The fourth-order valence-corrected chi connectivity index (χ4v) is 5.65. The molecule has 2 aliphatic rings. The van der Waals surface area contributed by atoms with Gasteiger partial charge in [-0.1, -0.05) is 6.42 Å². The minimum absolute atomic E-state index is 0.0323. The fraction of sp³-hybridized carbons (Fsp3) is 0.588. The van der Waals surface area contributed by atoms with Crippen LogP contribution in [0.5, 0.6) is 5.75 Å². The number of sulfonamides is 1. The van der Waals surface area contributed by atoms with Gasteiger partial charge < -0.3 is 14.6 Å². The summed E-state index contributed by atoms with van der Waals surface area (Å²) in [6.07, 6.45) is 1.91. The van der Waals surface area contributed by atoms with Crippen molar-refractivity contribution in [1.29, 1.82) is 0 Å². The smallest absolute Gasteiger partial charge is 0.311 e. The number of ether oxygens (including phenoxy) is 2. The lowest BCUT2D eigenvalue weighted by molar-refractivity contribution is -0.149. The zero-order chi connectivity index (χ0) is 18.9. The maximum Gasteiger partial charge on any atom is 0.311 e. The second-order valence-electron chi connectivity index (χ2n) is 6.78. The Hall–Kier alpha value is -1.71. The van der Waals surface area contributed by atoms with Gasteiger partial charge in [-0.25, -0.2) is 12.8 Å². The van der Waals surface area contributed by atoms with Crippen molar-refractivity contribution in [2.24, 2.45) is 11.3 Å². The molecule has 144 valence electrons. The van der Waals surface area contributed by atoms with E-state index in [1.807, 2.05) is 0 Å². The largest absolute Gasteiger partial charge is 0.490 e. The molecular formula is C17H22FNO6S. The van der Waals surface area contributed by atoms with E-state index in [4.69, 9.17) is 9.47 Å². The van der Waals surface area contributed by atoms with E-state index in [-0.39, 0.29) is 42.9 Å². The lowest BCUT2D eigenvalue weighted by Crippen LogP contribution is -2.37. The lowest BCUT2D eigenvalue weighted by Gasteiger charge is -2.23. The number of carbonyl (C=O) groups is 1. The third-order valence-corrected chi connectivity index (χ3v) is 7.17. The molecule has 2 fully saturated rings. The summed E-state index contributed by atoms with van der Waals surface area (Å²) in [4.78, 5) is 11.5. The van der Waals surface area contributed by atoms with Gasteiger partial charge in [0, 0.05) is 20.2 Å². The molecule has 26 heavy (non-hydrogen) atoms. The summed E-state index contributed by atoms with van der Waals surface area (Å²) < 4.78 is 51.4. The molecule has 1 heterocycles. The molecule has 1 N–H and O–H groups in total. The second kappa shape index (κ2) is 7.13. The van der Waals surface area contributed by atoms with E-state index in [1.54, 1.807) is 0 Å². The Labute approximate surface area is 151 Å². The van der Waals surface area contributed by atoms with Crippen LogP contribution in [0, 0.1) is 17.2 Å². The van der Waals surface area contributed by atoms with Gasteiger partial charge in [0.2, 0.25) is 10.0 Å². The van der Waals surface area contributed by atoms with Crippen molar-refractivity contribution in [2.75, 3.05) is 33.4 Å². The molecule has 2 atom stereocenters. The Morgan fingerprint density at radius 1 is 1.42 bits per heavy atom. The quantitative estimate of drug-likeness (QED) is 0.716. The fourth-order valence-electron chi connectivity index (χ4n) is 3.95. The molecule has 1 saturated carbocycles. The van der Waals surface area contributed by atoms with Crippen molar-refractivity contribution < 1.29 is 32.2 Å². The van der Waals surface area contributed by atoms with Crippen LogP contribution in [0.2, 0.25) is 0 Å². The van der Waals surface area contributed by atoms with E-state index < -0.39 is 27.2 Å². The van der Waals surface area contributed by atoms with Crippen molar-refractivity contribution in [3.63, 3.8) is 0 Å². The maximum absolute atomic E-state index is 13.7. The van der Waals surface area contributed by atoms with Crippen LogP contribution in [-0.2, 0) is 19.6 Å². The average Bonchev–Trinajstić information content (AvgIpc) is 3.15. The number of rotatable bonds is 7. The standard InChI is InChI=1S/C17H22FNO6S/c1-24-7-8-25-14-5-4-13(18)9-15(14)26(22,23)19-10-12-3-2-6-17(12,11-19)16(20)21/h4-5,9,12H,2-3,6-8,10-11H2,1H3,(H,20,21)/t12-,17+/m0/s1. The molecule has 0 spiro atoms. The Bertz CT molecular complexity index is 798. The van der Waals surface area contributed by atoms with E-state index in [0.717, 1.165) is 22.9 Å². The summed E-state index contributed by atoms with van der Waals surface area (Å²) >= 11 is 0. The van der Waals surface area contributed by atoms with Crippen molar-refractivity contribution in [1.82, 2.24) is 4.31 Å². The molecule has 3 rings (SSSR count). The maximum atomic E-state index is 13.7. The minimum atomic E-state index is -4.08. The van der Waals surface area contributed by atoms with Gasteiger partial charge in [0.25, 0.3) is 0 Å². The predicted octanol–water partition coefficient (Wildman–Crippen LogP) is 1.73. The molecule has 0 bridgehead atoms. The first-order valence-corrected chi connectivity index (χ1v) is 9.90. The van der Waals surface area contributed by atoms with Crippen LogP contribution in [0.3, 0.4) is 0 Å². The van der Waals surface area contributed by atoms with Gasteiger partial charge in [-0.05, 0) is 37.0 Å². The van der Waals surface area contributed by atoms with Crippen LogP contribution in [0.15, 0.2) is 23.1 Å². The van der Waals surface area contributed by atoms with Crippen molar-refractivity contribution >= 4 is 16.0 Å². The number of carboxylic acid groups (broad SMARTS) is 1. The number of hydrogen-bond donors (Lipinski definition) is 1. The zero-order valence-corrected chi connectivity index (χ0v) is 15.3. The van der Waals surface area contributed by atoms with E-state index >= 15 is 0 Å². The topological polar surface area (TPSA) is 93.1 Å². The van der Waals surface area contributed by atoms with E-state index in [2.05, 4.69) is 0 Å². The molecule has 1 aliphatic heterocycles.